The molecule has 3 rings (SSSR count). The second-order valence-corrected chi connectivity index (χ2v) is 8.73. The van der Waals surface area contributed by atoms with E-state index in [0.29, 0.717) is 22.7 Å². The molecule has 0 spiro atoms. The highest BCUT2D eigenvalue weighted by Crippen LogP contribution is 2.20. The van der Waals surface area contributed by atoms with Crippen LogP contribution in [0, 0.1) is 6.92 Å². The molecule has 0 radical (unpaired) electrons. The Hall–Kier alpha value is -3.43. The zero-order chi connectivity index (χ0) is 22.4. The van der Waals surface area contributed by atoms with Crippen LogP contribution in [-0.2, 0) is 10.0 Å². The first-order valence-corrected chi connectivity index (χ1v) is 11.1. The van der Waals surface area contributed by atoms with Gasteiger partial charge in [0.25, 0.3) is 15.9 Å². The molecule has 0 saturated heterocycles. The monoisotopic (exact) mass is 455 g/mol. The van der Waals surface area contributed by atoms with E-state index < -0.39 is 10.0 Å². The molecule has 31 heavy (non-hydrogen) atoms. The number of carbonyl (C=O) groups excluding carboxylic acids is 1. The van der Waals surface area contributed by atoms with Crippen molar-refractivity contribution in [2.24, 2.45) is 0 Å². The fourth-order valence-electron chi connectivity index (χ4n) is 2.71. The molecule has 0 aliphatic carbocycles. The highest BCUT2D eigenvalue weighted by Gasteiger charge is 2.14. The van der Waals surface area contributed by atoms with Crippen LogP contribution >= 0.6 is 12.2 Å². The first-order valence-electron chi connectivity index (χ1n) is 9.23. The van der Waals surface area contributed by atoms with Gasteiger partial charge in [-0.1, -0.05) is 17.7 Å². The molecule has 7 nitrogen and oxygen atoms in total. The third-order valence-electron chi connectivity index (χ3n) is 4.27. The number of rotatable bonds is 6. The molecular formula is C22H21N3O4S2. The number of hydrogen-bond acceptors (Lipinski definition) is 5. The molecule has 0 aliphatic rings. The molecule has 1 amide bonds. The van der Waals surface area contributed by atoms with Gasteiger partial charge >= 0.3 is 0 Å². The summed E-state index contributed by atoms with van der Waals surface area (Å²) in [5.74, 6) is 0.299. The molecule has 0 aromatic heterocycles. The van der Waals surface area contributed by atoms with E-state index in [-0.39, 0.29) is 15.9 Å². The van der Waals surface area contributed by atoms with Gasteiger partial charge in [0, 0.05) is 16.9 Å². The minimum atomic E-state index is -3.76. The van der Waals surface area contributed by atoms with Gasteiger partial charge < -0.3 is 10.1 Å². The van der Waals surface area contributed by atoms with E-state index in [9.17, 15) is 13.2 Å². The number of anilines is 2. The van der Waals surface area contributed by atoms with Crippen molar-refractivity contribution < 1.29 is 17.9 Å². The predicted octanol–water partition coefficient (Wildman–Crippen LogP) is 3.93. The van der Waals surface area contributed by atoms with Crippen molar-refractivity contribution in [3.63, 3.8) is 0 Å². The number of sulfonamides is 1. The van der Waals surface area contributed by atoms with Crippen LogP contribution in [0.5, 0.6) is 5.75 Å². The van der Waals surface area contributed by atoms with Gasteiger partial charge in [-0.15, -0.1) is 0 Å². The Balaban J connectivity index is 1.62. The van der Waals surface area contributed by atoms with Gasteiger partial charge in [0.1, 0.15) is 5.75 Å². The summed E-state index contributed by atoms with van der Waals surface area (Å²) in [6.07, 6.45) is 0. The minimum absolute atomic E-state index is 0.0867. The van der Waals surface area contributed by atoms with Crippen LogP contribution in [0.25, 0.3) is 0 Å². The summed E-state index contributed by atoms with van der Waals surface area (Å²) in [7, 11) is -2.22. The third kappa shape index (κ3) is 6.03. The van der Waals surface area contributed by atoms with Crippen LogP contribution < -0.4 is 20.1 Å². The van der Waals surface area contributed by atoms with Gasteiger partial charge in [-0.05, 0) is 79.8 Å². The molecule has 0 atom stereocenters. The van der Waals surface area contributed by atoms with Gasteiger partial charge in [0.2, 0.25) is 0 Å². The molecule has 0 aliphatic heterocycles. The number of methoxy groups -OCH3 is 1. The van der Waals surface area contributed by atoms with Crippen molar-refractivity contribution in [1.29, 1.82) is 0 Å². The molecule has 3 aromatic carbocycles. The zero-order valence-electron chi connectivity index (χ0n) is 16.9. The molecule has 9 heteroatoms. The Morgan fingerprint density at radius 2 is 1.58 bits per heavy atom. The van der Waals surface area contributed by atoms with Crippen LogP contribution in [0.2, 0.25) is 0 Å². The van der Waals surface area contributed by atoms with Gasteiger partial charge in [-0.25, -0.2) is 8.42 Å². The average Bonchev–Trinajstić information content (AvgIpc) is 2.74. The summed E-state index contributed by atoms with van der Waals surface area (Å²) >= 11 is 5.17. The molecule has 0 unspecified atom stereocenters. The van der Waals surface area contributed by atoms with Crippen LogP contribution in [0.4, 0.5) is 11.4 Å². The van der Waals surface area contributed by atoms with Crippen molar-refractivity contribution in [3.05, 3.63) is 83.9 Å². The number of amides is 1. The van der Waals surface area contributed by atoms with Crippen LogP contribution in [0.3, 0.4) is 0 Å². The van der Waals surface area contributed by atoms with Crippen molar-refractivity contribution >= 4 is 44.6 Å². The number of hydrogen-bond donors (Lipinski definition) is 3. The number of nitrogens with one attached hydrogen (secondary N) is 3. The highest BCUT2D eigenvalue weighted by molar-refractivity contribution is 7.92. The van der Waals surface area contributed by atoms with Crippen molar-refractivity contribution in [3.8, 4) is 5.75 Å². The van der Waals surface area contributed by atoms with Crippen LogP contribution in [0.1, 0.15) is 15.9 Å². The van der Waals surface area contributed by atoms with E-state index >= 15 is 0 Å². The zero-order valence-corrected chi connectivity index (χ0v) is 18.5. The second-order valence-electron chi connectivity index (χ2n) is 6.64. The van der Waals surface area contributed by atoms with Gasteiger partial charge in [0.05, 0.1) is 12.0 Å². The van der Waals surface area contributed by atoms with Gasteiger partial charge in [-0.2, -0.15) is 0 Å². The number of aryl methyl sites for hydroxylation is 1. The van der Waals surface area contributed by atoms with E-state index in [1.54, 1.807) is 54.6 Å². The Morgan fingerprint density at radius 3 is 2.19 bits per heavy atom. The maximum absolute atomic E-state index is 12.6. The Labute approximate surface area is 186 Å². The fourth-order valence-corrected chi connectivity index (χ4v) is 3.98. The SMILES string of the molecule is COc1ccc(NS(=O)(=O)c2ccc(NC(=S)NC(=O)c3cccc(C)c3)cc2)cc1. The number of ether oxygens (including phenoxy) is 1. The Morgan fingerprint density at radius 1 is 0.935 bits per heavy atom. The van der Waals surface area contributed by atoms with Crippen molar-refractivity contribution in [1.82, 2.24) is 5.32 Å². The number of thiocarbonyl (C=S) groups is 1. The van der Waals surface area contributed by atoms with E-state index in [1.807, 2.05) is 13.0 Å². The lowest BCUT2D eigenvalue weighted by Gasteiger charge is -2.12. The first-order chi connectivity index (χ1) is 14.8. The third-order valence-corrected chi connectivity index (χ3v) is 5.87. The predicted molar refractivity (Wildman–Crippen MR) is 125 cm³/mol. The molecule has 0 fully saturated rings. The summed E-state index contributed by atoms with van der Waals surface area (Å²) in [5.41, 5.74) is 2.42. The smallest absolute Gasteiger partial charge is 0.261 e. The summed E-state index contributed by atoms with van der Waals surface area (Å²) in [4.78, 5) is 12.3. The van der Waals surface area contributed by atoms with E-state index in [0.717, 1.165) is 5.56 Å². The molecule has 3 aromatic rings. The molecule has 0 heterocycles. The summed E-state index contributed by atoms with van der Waals surface area (Å²) in [6.45, 7) is 1.90. The second kappa shape index (κ2) is 9.59. The van der Waals surface area contributed by atoms with E-state index in [2.05, 4.69) is 15.4 Å². The van der Waals surface area contributed by atoms with Gasteiger partial charge in [-0.3, -0.25) is 14.8 Å². The molecule has 3 N–H and O–H groups in total. The fraction of sp³-hybridized carbons (Fsp3) is 0.0909. The molecular weight excluding hydrogens is 434 g/mol. The highest BCUT2D eigenvalue weighted by atomic mass is 32.2. The van der Waals surface area contributed by atoms with Crippen molar-refractivity contribution in [2.45, 2.75) is 11.8 Å². The van der Waals surface area contributed by atoms with Crippen LogP contribution in [-0.4, -0.2) is 26.5 Å². The Kier molecular flexibility index (Phi) is 6.88. The molecule has 160 valence electrons. The average molecular weight is 456 g/mol. The molecule has 0 saturated carbocycles. The number of carbonyl (C=O) groups is 1. The topological polar surface area (TPSA) is 96.5 Å². The lowest BCUT2D eigenvalue weighted by Crippen LogP contribution is -2.34. The molecule has 0 bridgehead atoms. The lowest BCUT2D eigenvalue weighted by molar-refractivity contribution is 0.0977. The summed E-state index contributed by atoms with van der Waals surface area (Å²) < 4.78 is 32.7. The van der Waals surface area contributed by atoms with E-state index in [1.165, 1.54) is 19.2 Å². The quantitative estimate of drug-likeness (QED) is 0.488. The lowest BCUT2D eigenvalue weighted by atomic mass is 10.1. The van der Waals surface area contributed by atoms with Crippen LogP contribution in [0.15, 0.2) is 77.7 Å². The van der Waals surface area contributed by atoms with Crippen molar-refractivity contribution in [2.75, 3.05) is 17.1 Å². The number of benzene rings is 3. The summed E-state index contributed by atoms with van der Waals surface area (Å²) in [6, 6.07) is 19.7. The minimum Gasteiger partial charge on any atom is -0.497 e. The normalized spacial score (nSPS) is 10.8. The standard InChI is InChI=1S/C22H21N3O4S2/c1-15-4-3-5-16(14-15)21(26)24-22(30)23-17-8-12-20(13-9-17)31(27,28)25-18-6-10-19(29-2)11-7-18/h3-14,25H,1-2H3,(H2,23,24,26,30). The first kappa shape index (κ1) is 22.3. The summed E-state index contributed by atoms with van der Waals surface area (Å²) in [5, 5.41) is 5.58. The maximum Gasteiger partial charge on any atom is 0.261 e. The Bertz CT molecular complexity index is 1190. The van der Waals surface area contributed by atoms with Gasteiger partial charge in [0.15, 0.2) is 5.11 Å². The van der Waals surface area contributed by atoms with E-state index in [4.69, 9.17) is 17.0 Å². The largest absolute Gasteiger partial charge is 0.497 e. The maximum atomic E-state index is 12.6.